The van der Waals surface area contributed by atoms with E-state index in [-0.39, 0.29) is 0 Å². The van der Waals surface area contributed by atoms with E-state index < -0.39 is 0 Å². The van der Waals surface area contributed by atoms with E-state index in [1.54, 1.807) is 12.3 Å². The second-order valence-corrected chi connectivity index (χ2v) is 4.87. The van der Waals surface area contributed by atoms with Crippen molar-refractivity contribution in [3.63, 3.8) is 0 Å². The van der Waals surface area contributed by atoms with Gasteiger partial charge in [-0.2, -0.15) is 0 Å². The van der Waals surface area contributed by atoms with E-state index in [1.807, 2.05) is 12.1 Å². The lowest BCUT2D eigenvalue weighted by molar-refractivity contribution is 1.000. The monoisotopic (exact) mass is 301 g/mol. The molecule has 0 radical (unpaired) electrons. The quantitative estimate of drug-likeness (QED) is 0.924. The van der Waals surface area contributed by atoms with Gasteiger partial charge < -0.3 is 5.32 Å². The van der Waals surface area contributed by atoms with Gasteiger partial charge in [-0.25, -0.2) is 4.98 Å². The number of nitrogens with zero attached hydrogens (tertiary/aromatic N) is 2. The maximum Gasteiger partial charge on any atom is 0.149 e. The van der Waals surface area contributed by atoms with Crippen molar-refractivity contribution in [2.45, 2.75) is 6.42 Å². The second kappa shape index (κ2) is 6.23. The number of anilines is 1. The number of benzene rings is 1. The predicted octanol–water partition coefficient (Wildman–Crippen LogP) is 4.09. The Morgan fingerprint density at radius 2 is 1.94 bits per heavy atom. The number of rotatable bonds is 4. The summed E-state index contributed by atoms with van der Waals surface area (Å²) < 4.78 is 0. The largest absolute Gasteiger partial charge is 0.368 e. The molecule has 0 amide bonds. The molecule has 94 valence electrons. The smallest absolute Gasteiger partial charge is 0.149 e. The summed E-state index contributed by atoms with van der Waals surface area (Å²) in [5.41, 5.74) is 1.03. The molecule has 18 heavy (non-hydrogen) atoms. The van der Waals surface area contributed by atoms with Crippen molar-refractivity contribution in [1.29, 1.82) is 0 Å². The molecule has 0 saturated carbocycles. The van der Waals surface area contributed by atoms with Crippen molar-refractivity contribution in [2.75, 3.05) is 11.9 Å². The third-order valence-electron chi connectivity index (χ3n) is 2.32. The van der Waals surface area contributed by atoms with Crippen LogP contribution in [0.25, 0.3) is 0 Å². The van der Waals surface area contributed by atoms with Crippen LogP contribution in [-0.2, 0) is 6.42 Å². The normalized spacial score (nSPS) is 10.4. The molecule has 0 aliphatic rings. The molecule has 6 heteroatoms. The van der Waals surface area contributed by atoms with Crippen LogP contribution >= 0.6 is 34.8 Å². The minimum atomic E-state index is 0.365. The van der Waals surface area contributed by atoms with Crippen molar-refractivity contribution in [2.24, 2.45) is 0 Å². The number of nitrogens with one attached hydrogen (secondary N) is 1. The molecular weight excluding hydrogens is 293 g/mol. The number of halogens is 3. The highest BCUT2D eigenvalue weighted by Gasteiger charge is 2.02. The molecule has 0 atom stereocenters. The van der Waals surface area contributed by atoms with E-state index in [9.17, 15) is 0 Å². The zero-order valence-electron chi connectivity index (χ0n) is 9.33. The molecule has 0 saturated heterocycles. The molecule has 1 N–H and O–H groups in total. The van der Waals surface area contributed by atoms with Crippen LogP contribution in [0.5, 0.6) is 0 Å². The Bertz CT molecular complexity index is 546. The highest BCUT2D eigenvalue weighted by molar-refractivity contribution is 6.35. The summed E-state index contributed by atoms with van der Waals surface area (Å²) in [5.74, 6) is 0.646. The highest BCUT2D eigenvalue weighted by Crippen LogP contribution is 2.21. The predicted molar refractivity (Wildman–Crippen MR) is 75.7 cm³/mol. The van der Waals surface area contributed by atoms with Crippen LogP contribution in [0.1, 0.15) is 5.56 Å². The average Bonchev–Trinajstić information content (AvgIpc) is 2.32. The minimum absolute atomic E-state index is 0.365. The van der Waals surface area contributed by atoms with Crippen LogP contribution in [0.4, 0.5) is 5.82 Å². The van der Waals surface area contributed by atoms with E-state index in [1.165, 1.54) is 6.20 Å². The summed E-state index contributed by atoms with van der Waals surface area (Å²) in [6, 6.07) is 5.47. The van der Waals surface area contributed by atoms with Gasteiger partial charge >= 0.3 is 0 Å². The lowest BCUT2D eigenvalue weighted by Gasteiger charge is -2.07. The van der Waals surface area contributed by atoms with Crippen LogP contribution in [0.2, 0.25) is 15.2 Å². The fourth-order valence-electron chi connectivity index (χ4n) is 1.48. The molecule has 2 aromatic rings. The lowest BCUT2D eigenvalue weighted by Crippen LogP contribution is -2.06. The molecule has 3 nitrogen and oxygen atoms in total. The van der Waals surface area contributed by atoms with E-state index in [0.717, 1.165) is 12.0 Å². The summed E-state index contributed by atoms with van der Waals surface area (Å²) in [6.45, 7) is 0.691. The van der Waals surface area contributed by atoms with Gasteiger partial charge in [-0.05, 0) is 24.1 Å². The Hall–Kier alpha value is -1.03. The highest BCUT2D eigenvalue weighted by atomic mass is 35.5. The molecule has 1 aromatic carbocycles. The molecule has 0 spiro atoms. The fraction of sp³-hybridized carbons (Fsp3) is 0.167. The Kier molecular flexibility index (Phi) is 4.64. The molecule has 1 heterocycles. The summed E-state index contributed by atoms with van der Waals surface area (Å²) in [5, 5.41) is 4.80. The van der Waals surface area contributed by atoms with Crippen LogP contribution in [0, 0.1) is 0 Å². The standard InChI is InChI=1S/C12H10Cl3N3/c13-9-2-1-8(10(14)5-9)3-4-17-12-7-16-6-11(15)18-12/h1-2,5-7H,3-4H2,(H,17,18). The van der Waals surface area contributed by atoms with Crippen LogP contribution in [-0.4, -0.2) is 16.5 Å². The van der Waals surface area contributed by atoms with Crippen LogP contribution < -0.4 is 5.32 Å². The third kappa shape index (κ3) is 3.73. The zero-order chi connectivity index (χ0) is 13.0. The fourth-order valence-corrected chi connectivity index (χ4v) is 2.13. The molecule has 1 aromatic heterocycles. The van der Waals surface area contributed by atoms with Gasteiger partial charge in [-0.15, -0.1) is 0 Å². The maximum atomic E-state index is 6.08. The van der Waals surface area contributed by atoms with Crippen molar-refractivity contribution >= 4 is 40.6 Å². The molecule has 0 bridgehead atoms. The summed E-state index contributed by atoms with van der Waals surface area (Å²) in [7, 11) is 0. The van der Waals surface area contributed by atoms with Crippen molar-refractivity contribution in [3.05, 3.63) is 51.4 Å². The van der Waals surface area contributed by atoms with Gasteiger partial charge in [-0.3, -0.25) is 4.98 Å². The SMILES string of the molecule is Clc1ccc(CCNc2cncc(Cl)n2)c(Cl)c1. The second-order valence-electron chi connectivity index (χ2n) is 3.64. The molecule has 0 fully saturated rings. The van der Waals surface area contributed by atoms with Gasteiger partial charge in [0.05, 0.1) is 12.4 Å². The van der Waals surface area contributed by atoms with Crippen molar-refractivity contribution < 1.29 is 0 Å². The van der Waals surface area contributed by atoms with Gasteiger partial charge in [-0.1, -0.05) is 40.9 Å². The first-order valence-electron chi connectivity index (χ1n) is 5.30. The Balaban J connectivity index is 1.92. The van der Waals surface area contributed by atoms with Crippen LogP contribution in [0.15, 0.2) is 30.6 Å². The average molecular weight is 303 g/mol. The molecule has 0 unspecified atom stereocenters. The molecule has 0 aliphatic carbocycles. The molecule has 0 aliphatic heterocycles. The lowest BCUT2D eigenvalue weighted by atomic mass is 10.1. The van der Waals surface area contributed by atoms with E-state index >= 15 is 0 Å². The van der Waals surface area contributed by atoms with Crippen molar-refractivity contribution in [1.82, 2.24) is 9.97 Å². The van der Waals surface area contributed by atoms with Crippen LogP contribution in [0.3, 0.4) is 0 Å². The Morgan fingerprint density at radius 1 is 1.11 bits per heavy atom. The Morgan fingerprint density at radius 3 is 2.67 bits per heavy atom. The molecule has 2 rings (SSSR count). The first-order valence-corrected chi connectivity index (χ1v) is 6.44. The summed E-state index contributed by atoms with van der Waals surface area (Å²) in [6.07, 6.45) is 3.88. The summed E-state index contributed by atoms with van der Waals surface area (Å²) >= 11 is 17.6. The summed E-state index contributed by atoms with van der Waals surface area (Å²) in [4.78, 5) is 8.02. The van der Waals surface area contributed by atoms with Gasteiger partial charge in [0.1, 0.15) is 11.0 Å². The number of hydrogen-bond acceptors (Lipinski definition) is 3. The maximum absolute atomic E-state index is 6.08. The van der Waals surface area contributed by atoms with E-state index in [2.05, 4.69) is 15.3 Å². The van der Waals surface area contributed by atoms with Gasteiger partial charge in [0.15, 0.2) is 0 Å². The van der Waals surface area contributed by atoms with Gasteiger partial charge in [0.2, 0.25) is 0 Å². The first kappa shape index (κ1) is 13.4. The zero-order valence-corrected chi connectivity index (χ0v) is 11.6. The van der Waals surface area contributed by atoms with Gasteiger partial charge in [0.25, 0.3) is 0 Å². The number of hydrogen-bond donors (Lipinski definition) is 1. The molecular formula is C12H10Cl3N3. The van der Waals surface area contributed by atoms with E-state index in [0.29, 0.717) is 27.6 Å². The Labute approximate surface area is 120 Å². The first-order chi connectivity index (χ1) is 8.65. The van der Waals surface area contributed by atoms with Crippen molar-refractivity contribution in [3.8, 4) is 0 Å². The topological polar surface area (TPSA) is 37.8 Å². The number of aromatic nitrogens is 2. The third-order valence-corrected chi connectivity index (χ3v) is 3.09. The minimum Gasteiger partial charge on any atom is -0.368 e. The van der Waals surface area contributed by atoms with E-state index in [4.69, 9.17) is 34.8 Å². The van der Waals surface area contributed by atoms with Gasteiger partial charge in [0, 0.05) is 16.6 Å².